The molecule has 1 fully saturated rings. The summed E-state index contributed by atoms with van der Waals surface area (Å²) in [5.74, 6) is -0.296. The van der Waals surface area contributed by atoms with E-state index in [-0.39, 0.29) is 5.91 Å². The Labute approximate surface area is 125 Å². The van der Waals surface area contributed by atoms with Crippen molar-refractivity contribution in [2.45, 2.75) is 18.7 Å². The summed E-state index contributed by atoms with van der Waals surface area (Å²) >= 11 is 0. The van der Waals surface area contributed by atoms with Gasteiger partial charge < -0.3 is 4.90 Å². The number of aromatic nitrogens is 1. The van der Waals surface area contributed by atoms with Gasteiger partial charge in [-0.25, -0.2) is 8.42 Å². The molecule has 116 valence electrons. The van der Waals surface area contributed by atoms with Crippen molar-refractivity contribution in [3.63, 3.8) is 0 Å². The second-order valence-corrected chi connectivity index (χ2v) is 7.76. The number of sulfone groups is 1. The Morgan fingerprint density at radius 1 is 1.29 bits per heavy atom. The van der Waals surface area contributed by atoms with E-state index in [0.717, 1.165) is 31.6 Å². The number of hydrogen-bond acceptors (Lipinski definition) is 5. The number of hydrogen-bond donors (Lipinski definition) is 0. The van der Waals surface area contributed by atoms with Gasteiger partial charge >= 0.3 is 0 Å². The summed E-state index contributed by atoms with van der Waals surface area (Å²) in [6.45, 7) is 4.80. The molecule has 0 radical (unpaired) electrons. The third-order valence-corrected chi connectivity index (χ3v) is 5.27. The Morgan fingerprint density at radius 2 is 1.95 bits per heavy atom. The van der Waals surface area contributed by atoms with Gasteiger partial charge in [0.2, 0.25) is 5.91 Å². The predicted molar refractivity (Wildman–Crippen MR) is 80.4 cm³/mol. The van der Waals surface area contributed by atoms with Crippen LogP contribution >= 0.6 is 0 Å². The van der Waals surface area contributed by atoms with Crippen LogP contribution < -0.4 is 0 Å². The van der Waals surface area contributed by atoms with Gasteiger partial charge in [0.15, 0.2) is 9.84 Å². The Kier molecular flexibility index (Phi) is 4.95. The Morgan fingerprint density at radius 3 is 2.48 bits per heavy atom. The zero-order valence-corrected chi connectivity index (χ0v) is 13.2. The van der Waals surface area contributed by atoms with Gasteiger partial charge in [-0.3, -0.25) is 14.7 Å². The standard InChI is InChI=1S/C14H21N3O3S/c1-12(21(2,19)20)14(18)17-9-7-16(8-10-17)11-13-5-3-4-6-15-13/h3-6,12H,7-11H2,1-2H3/t12-/m0/s1. The van der Waals surface area contributed by atoms with Crippen LogP contribution in [-0.2, 0) is 21.2 Å². The highest BCUT2D eigenvalue weighted by Gasteiger charge is 2.30. The lowest BCUT2D eigenvalue weighted by Crippen LogP contribution is -2.51. The van der Waals surface area contributed by atoms with Crippen LogP contribution in [0, 0.1) is 0 Å². The molecule has 2 rings (SSSR count). The van der Waals surface area contributed by atoms with Crippen molar-refractivity contribution in [3.8, 4) is 0 Å². The Balaban J connectivity index is 1.87. The van der Waals surface area contributed by atoms with Crippen LogP contribution in [0.15, 0.2) is 24.4 Å². The van der Waals surface area contributed by atoms with Gasteiger partial charge in [-0.05, 0) is 19.1 Å². The molecule has 2 heterocycles. The number of pyridine rings is 1. The maximum absolute atomic E-state index is 12.1. The zero-order chi connectivity index (χ0) is 15.5. The summed E-state index contributed by atoms with van der Waals surface area (Å²) < 4.78 is 22.9. The lowest BCUT2D eigenvalue weighted by molar-refractivity contribution is -0.132. The molecule has 0 saturated carbocycles. The summed E-state index contributed by atoms with van der Waals surface area (Å²) in [5.41, 5.74) is 1.00. The minimum absolute atomic E-state index is 0.296. The first-order valence-electron chi connectivity index (χ1n) is 6.98. The van der Waals surface area contributed by atoms with E-state index in [9.17, 15) is 13.2 Å². The van der Waals surface area contributed by atoms with Crippen molar-refractivity contribution in [1.82, 2.24) is 14.8 Å². The first kappa shape index (κ1) is 15.9. The molecule has 21 heavy (non-hydrogen) atoms. The summed E-state index contributed by atoms with van der Waals surface area (Å²) in [4.78, 5) is 20.3. The fraction of sp³-hybridized carbons (Fsp3) is 0.571. The van der Waals surface area contributed by atoms with Crippen LogP contribution in [0.3, 0.4) is 0 Å². The van der Waals surface area contributed by atoms with Crippen LogP contribution in [0.2, 0.25) is 0 Å². The molecule has 0 N–H and O–H groups in total. The molecule has 6 nitrogen and oxygen atoms in total. The molecule has 7 heteroatoms. The van der Waals surface area contributed by atoms with Gasteiger partial charge in [0, 0.05) is 45.2 Å². The number of carbonyl (C=O) groups excluding carboxylic acids is 1. The summed E-state index contributed by atoms with van der Waals surface area (Å²) in [6.07, 6.45) is 2.87. The molecule has 0 bridgehead atoms. The van der Waals surface area contributed by atoms with Crippen LogP contribution in [0.25, 0.3) is 0 Å². The lowest BCUT2D eigenvalue weighted by atomic mass is 10.2. The molecule has 1 aromatic rings. The summed E-state index contributed by atoms with van der Waals surface area (Å²) in [5, 5.41) is -0.958. The first-order valence-corrected chi connectivity index (χ1v) is 8.93. The molecule has 1 amide bonds. The smallest absolute Gasteiger partial charge is 0.240 e. The van der Waals surface area contributed by atoms with Gasteiger partial charge in [-0.15, -0.1) is 0 Å². The third-order valence-electron chi connectivity index (χ3n) is 3.79. The van der Waals surface area contributed by atoms with Gasteiger partial charge in [0.25, 0.3) is 0 Å². The number of nitrogens with zero attached hydrogens (tertiary/aromatic N) is 3. The maximum atomic E-state index is 12.1. The normalized spacial score (nSPS) is 18.5. The van der Waals surface area contributed by atoms with Crippen molar-refractivity contribution < 1.29 is 13.2 Å². The quantitative estimate of drug-likeness (QED) is 0.792. The van der Waals surface area contributed by atoms with E-state index in [0.29, 0.717) is 13.1 Å². The summed E-state index contributed by atoms with van der Waals surface area (Å²) in [7, 11) is -3.33. The largest absolute Gasteiger partial charge is 0.339 e. The van der Waals surface area contributed by atoms with Crippen molar-refractivity contribution in [2.75, 3.05) is 32.4 Å². The van der Waals surface area contributed by atoms with E-state index in [1.807, 2.05) is 18.2 Å². The highest BCUT2D eigenvalue weighted by molar-refractivity contribution is 7.92. The van der Waals surface area contributed by atoms with Crippen molar-refractivity contribution in [3.05, 3.63) is 30.1 Å². The topological polar surface area (TPSA) is 70.6 Å². The van der Waals surface area contributed by atoms with Gasteiger partial charge in [-0.1, -0.05) is 6.07 Å². The molecule has 0 spiro atoms. The third kappa shape index (κ3) is 4.25. The monoisotopic (exact) mass is 311 g/mol. The van der Waals surface area contributed by atoms with E-state index >= 15 is 0 Å². The van der Waals surface area contributed by atoms with E-state index < -0.39 is 15.1 Å². The fourth-order valence-corrected chi connectivity index (χ4v) is 2.80. The minimum atomic E-state index is -3.33. The maximum Gasteiger partial charge on any atom is 0.240 e. The highest BCUT2D eigenvalue weighted by Crippen LogP contribution is 2.10. The van der Waals surface area contributed by atoms with Crippen molar-refractivity contribution in [1.29, 1.82) is 0 Å². The number of piperazine rings is 1. The molecule has 1 atom stereocenters. The molecule has 0 aliphatic carbocycles. The molecule has 0 unspecified atom stereocenters. The van der Waals surface area contributed by atoms with Crippen LogP contribution in [0.1, 0.15) is 12.6 Å². The molecular weight excluding hydrogens is 290 g/mol. The summed E-state index contributed by atoms with van der Waals surface area (Å²) in [6, 6.07) is 5.81. The zero-order valence-electron chi connectivity index (χ0n) is 12.4. The first-order chi connectivity index (χ1) is 9.88. The average molecular weight is 311 g/mol. The average Bonchev–Trinajstić information content (AvgIpc) is 2.46. The molecular formula is C14H21N3O3S. The van der Waals surface area contributed by atoms with Crippen molar-refractivity contribution >= 4 is 15.7 Å². The molecule has 1 aliphatic heterocycles. The Bertz CT molecular complexity index is 581. The van der Waals surface area contributed by atoms with E-state index in [2.05, 4.69) is 9.88 Å². The van der Waals surface area contributed by atoms with Crippen LogP contribution in [0.4, 0.5) is 0 Å². The minimum Gasteiger partial charge on any atom is -0.339 e. The number of rotatable bonds is 4. The number of amides is 1. The van der Waals surface area contributed by atoms with E-state index in [4.69, 9.17) is 0 Å². The highest BCUT2D eigenvalue weighted by atomic mass is 32.2. The van der Waals surface area contributed by atoms with Gasteiger partial charge in [0.05, 0.1) is 5.69 Å². The Hall–Kier alpha value is -1.47. The second-order valence-electron chi connectivity index (χ2n) is 5.39. The number of carbonyl (C=O) groups is 1. The van der Waals surface area contributed by atoms with Crippen molar-refractivity contribution in [2.24, 2.45) is 0 Å². The van der Waals surface area contributed by atoms with Gasteiger partial charge in [-0.2, -0.15) is 0 Å². The molecule has 1 aliphatic rings. The van der Waals surface area contributed by atoms with Gasteiger partial charge in [0.1, 0.15) is 5.25 Å². The predicted octanol–water partition coefficient (Wildman–Crippen LogP) is 0.159. The molecule has 1 aromatic heterocycles. The SMILES string of the molecule is C[C@@H](C(=O)N1CCN(Cc2ccccn2)CC1)S(C)(=O)=O. The lowest BCUT2D eigenvalue weighted by Gasteiger charge is -2.35. The van der Waals surface area contributed by atoms with Crippen LogP contribution in [-0.4, -0.2) is 66.8 Å². The molecule has 0 aromatic carbocycles. The molecule has 1 saturated heterocycles. The van der Waals surface area contributed by atoms with Crippen LogP contribution in [0.5, 0.6) is 0 Å². The van der Waals surface area contributed by atoms with E-state index in [1.165, 1.54) is 6.92 Å². The van der Waals surface area contributed by atoms with E-state index in [1.54, 1.807) is 11.1 Å². The fourth-order valence-electron chi connectivity index (χ4n) is 2.29. The second kappa shape index (κ2) is 6.53.